The third kappa shape index (κ3) is 3.96. The monoisotopic (exact) mass is 335 g/mol. The first-order valence-electron chi connectivity index (χ1n) is 7.60. The van der Waals surface area contributed by atoms with E-state index in [1.165, 1.54) is 12.1 Å². The molecule has 0 aliphatic carbocycles. The number of alkyl halides is 3. The minimum atomic E-state index is -3.45. The first-order valence-corrected chi connectivity index (χ1v) is 7.60. The molecular weight excluding hydrogens is 315 g/mol. The van der Waals surface area contributed by atoms with E-state index in [0.717, 1.165) is 5.56 Å². The van der Waals surface area contributed by atoms with E-state index >= 15 is 0 Å². The summed E-state index contributed by atoms with van der Waals surface area (Å²) in [4.78, 5) is 12.3. The predicted octanol–water partition coefficient (Wildman–Crippen LogP) is 5.53. The maximum atomic E-state index is 13.9. The Bertz CT molecular complexity index is 725. The highest BCUT2D eigenvalue weighted by Crippen LogP contribution is 2.36. The van der Waals surface area contributed by atoms with Gasteiger partial charge in [0.2, 0.25) is 0 Å². The van der Waals surface area contributed by atoms with Crippen LogP contribution in [0.4, 0.5) is 18.9 Å². The first-order chi connectivity index (χ1) is 11.1. The van der Waals surface area contributed by atoms with E-state index in [1.807, 2.05) is 19.1 Å². The number of carbonyl (C=O) groups is 1. The van der Waals surface area contributed by atoms with Crippen LogP contribution in [0.15, 0.2) is 36.4 Å². The molecule has 1 amide bonds. The maximum absolute atomic E-state index is 13.9. The van der Waals surface area contributed by atoms with Crippen molar-refractivity contribution in [3.05, 3.63) is 64.2 Å². The van der Waals surface area contributed by atoms with Crippen molar-refractivity contribution in [3.8, 4) is 0 Å². The van der Waals surface area contributed by atoms with Crippen LogP contribution in [0.1, 0.15) is 45.7 Å². The third-order valence-electron chi connectivity index (χ3n) is 3.84. The molecule has 0 radical (unpaired) electrons. The van der Waals surface area contributed by atoms with Crippen LogP contribution in [-0.4, -0.2) is 11.8 Å². The molecule has 2 aromatic carbocycles. The first kappa shape index (κ1) is 18.0. The molecule has 1 N–H and O–H groups in total. The number of aryl methyl sites for hydroxylation is 3. The van der Waals surface area contributed by atoms with Crippen molar-refractivity contribution in [1.82, 2.24) is 0 Å². The molecule has 1 atom stereocenters. The van der Waals surface area contributed by atoms with Gasteiger partial charge in [-0.05, 0) is 49.6 Å². The summed E-state index contributed by atoms with van der Waals surface area (Å²) in [7, 11) is 0. The molecule has 2 aromatic rings. The lowest BCUT2D eigenvalue weighted by Crippen LogP contribution is -2.19. The molecule has 0 saturated carbocycles. The molecule has 2 rings (SSSR count). The zero-order valence-electron chi connectivity index (χ0n) is 14.1. The average Bonchev–Trinajstić information content (AvgIpc) is 2.49. The number of rotatable bonds is 4. The van der Waals surface area contributed by atoms with Gasteiger partial charge in [-0.25, -0.2) is 13.2 Å². The Hall–Kier alpha value is -2.30. The summed E-state index contributed by atoms with van der Waals surface area (Å²) in [5, 5.41) is 2.77. The molecule has 0 saturated heterocycles. The van der Waals surface area contributed by atoms with Crippen molar-refractivity contribution in [1.29, 1.82) is 0 Å². The highest BCUT2D eigenvalue weighted by molar-refractivity contribution is 6.05. The molecule has 0 aliphatic heterocycles. The summed E-state index contributed by atoms with van der Waals surface area (Å²) in [5.74, 6) is -3.75. The molecule has 0 fully saturated rings. The Morgan fingerprint density at radius 2 is 1.54 bits per heavy atom. The highest BCUT2D eigenvalue weighted by atomic mass is 19.3. The summed E-state index contributed by atoms with van der Waals surface area (Å²) in [6.07, 6.45) is -2.38. The van der Waals surface area contributed by atoms with Gasteiger partial charge in [-0.2, -0.15) is 0 Å². The van der Waals surface area contributed by atoms with E-state index in [2.05, 4.69) is 5.32 Å². The second-order valence-electron chi connectivity index (χ2n) is 6.17. The Kier molecular flexibility index (Phi) is 5.02. The fourth-order valence-electron chi connectivity index (χ4n) is 2.52. The summed E-state index contributed by atoms with van der Waals surface area (Å²) in [6, 6.07) is 9.76. The molecule has 5 heteroatoms. The van der Waals surface area contributed by atoms with Gasteiger partial charge in [0.25, 0.3) is 11.8 Å². The second-order valence-corrected chi connectivity index (χ2v) is 6.17. The number of benzene rings is 2. The lowest BCUT2D eigenvalue weighted by atomic mass is 9.98. The van der Waals surface area contributed by atoms with Gasteiger partial charge < -0.3 is 5.32 Å². The largest absolute Gasteiger partial charge is 0.322 e. The summed E-state index contributed by atoms with van der Waals surface area (Å²) in [5.41, 5.74) is 3.03. The summed E-state index contributed by atoms with van der Waals surface area (Å²) >= 11 is 0. The molecular formula is C19H20F3NO. The Morgan fingerprint density at radius 3 is 2.00 bits per heavy atom. The zero-order chi connectivity index (χ0) is 18.1. The Balaban J connectivity index is 2.28. The normalized spacial score (nSPS) is 12.8. The lowest BCUT2D eigenvalue weighted by molar-refractivity contribution is -0.0566. The Labute approximate surface area is 139 Å². The maximum Gasteiger partial charge on any atom is 0.280 e. The van der Waals surface area contributed by atoms with E-state index in [1.54, 1.807) is 26.0 Å². The number of hydrogen-bond donors (Lipinski definition) is 1. The van der Waals surface area contributed by atoms with Gasteiger partial charge in [-0.15, -0.1) is 0 Å². The topological polar surface area (TPSA) is 29.1 Å². The van der Waals surface area contributed by atoms with Crippen LogP contribution in [0.25, 0.3) is 0 Å². The smallest absolute Gasteiger partial charge is 0.280 e. The lowest BCUT2D eigenvalue weighted by Gasteiger charge is -2.19. The molecule has 0 spiro atoms. The number of hydrogen-bond acceptors (Lipinski definition) is 1. The van der Waals surface area contributed by atoms with Crippen LogP contribution >= 0.6 is 0 Å². The molecule has 2 nitrogen and oxygen atoms in total. The molecule has 0 heterocycles. The van der Waals surface area contributed by atoms with Gasteiger partial charge >= 0.3 is 0 Å². The molecule has 0 aromatic heterocycles. The van der Waals surface area contributed by atoms with Gasteiger partial charge in [-0.1, -0.05) is 29.8 Å². The quantitative estimate of drug-likeness (QED) is 0.782. The van der Waals surface area contributed by atoms with Gasteiger partial charge in [0.1, 0.15) is 0 Å². The van der Waals surface area contributed by atoms with Crippen molar-refractivity contribution < 1.29 is 18.0 Å². The SMILES string of the molecule is Cc1ccc(C(=O)Nc2c(C)cc(C(F)C(C)(F)F)cc2C)cc1. The standard InChI is InChI=1S/C19H20F3NO/c1-11-5-7-14(8-6-11)18(24)23-16-12(2)9-15(10-13(16)3)17(20)19(4,21)22/h5-10,17H,1-4H3,(H,23,24). The number of amides is 1. The van der Waals surface area contributed by atoms with Crippen molar-refractivity contribution in [3.63, 3.8) is 0 Å². The van der Waals surface area contributed by atoms with Crippen LogP contribution in [0, 0.1) is 20.8 Å². The number of carbonyl (C=O) groups excluding carboxylic acids is 1. The van der Waals surface area contributed by atoms with E-state index in [0.29, 0.717) is 29.3 Å². The second kappa shape index (κ2) is 6.67. The molecule has 128 valence electrons. The zero-order valence-corrected chi connectivity index (χ0v) is 14.1. The van der Waals surface area contributed by atoms with Crippen LogP contribution in [0.5, 0.6) is 0 Å². The van der Waals surface area contributed by atoms with Crippen molar-refractivity contribution >= 4 is 11.6 Å². The van der Waals surface area contributed by atoms with Crippen molar-refractivity contribution in [2.45, 2.75) is 39.8 Å². The highest BCUT2D eigenvalue weighted by Gasteiger charge is 2.36. The average molecular weight is 335 g/mol. The molecule has 24 heavy (non-hydrogen) atoms. The van der Waals surface area contributed by atoms with Crippen LogP contribution in [0.3, 0.4) is 0 Å². The van der Waals surface area contributed by atoms with Crippen LogP contribution in [-0.2, 0) is 0 Å². The van der Waals surface area contributed by atoms with Gasteiger partial charge in [-0.3, -0.25) is 4.79 Å². The van der Waals surface area contributed by atoms with E-state index in [9.17, 15) is 18.0 Å². The third-order valence-corrected chi connectivity index (χ3v) is 3.84. The fourth-order valence-corrected chi connectivity index (χ4v) is 2.52. The van der Waals surface area contributed by atoms with E-state index in [4.69, 9.17) is 0 Å². The van der Waals surface area contributed by atoms with Crippen molar-refractivity contribution in [2.75, 3.05) is 5.32 Å². The van der Waals surface area contributed by atoms with Gasteiger partial charge in [0, 0.05) is 18.2 Å². The van der Waals surface area contributed by atoms with Crippen LogP contribution < -0.4 is 5.32 Å². The van der Waals surface area contributed by atoms with Crippen LogP contribution in [0.2, 0.25) is 0 Å². The van der Waals surface area contributed by atoms with Crippen molar-refractivity contribution in [2.24, 2.45) is 0 Å². The minimum Gasteiger partial charge on any atom is -0.322 e. The summed E-state index contributed by atoms with van der Waals surface area (Å²) < 4.78 is 40.2. The molecule has 0 aliphatic rings. The molecule has 1 unspecified atom stereocenters. The van der Waals surface area contributed by atoms with E-state index < -0.39 is 12.1 Å². The Morgan fingerprint density at radius 1 is 1.04 bits per heavy atom. The minimum absolute atomic E-state index is 0.0918. The fraction of sp³-hybridized carbons (Fsp3) is 0.316. The van der Waals surface area contributed by atoms with E-state index in [-0.39, 0.29) is 11.5 Å². The molecule has 0 bridgehead atoms. The number of halogens is 3. The predicted molar refractivity (Wildman–Crippen MR) is 89.5 cm³/mol. The number of anilines is 1. The number of nitrogens with one attached hydrogen (secondary N) is 1. The van der Waals surface area contributed by atoms with Gasteiger partial charge in [0.15, 0.2) is 6.17 Å². The van der Waals surface area contributed by atoms with Gasteiger partial charge in [0.05, 0.1) is 0 Å². The summed E-state index contributed by atoms with van der Waals surface area (Å²) in [6.45, 7) is 5.78.